The van der Waals surface area contributed by atoms with Crippen molar-refractivity contribution in [2.24, 2.45) is 0 Å². The van der Waals surface area contributed by atoms with Gasteiger partial charge in [0.2, 0.25) is 0 Å². The monoisotopic (exact) mass is 400 g/mol. The van der Waals surface area contributed by atoms with Crippen LogP contribution >= 0.6 is 15.9 Å². The number of halogens is 4. The van der Waals surface area contributed by atoms with Crippen LogP contribution in [0.2, 0.25) is 0 Å². The van der Waals surface area contributed by atoms with Crippen molar-refractivity contribution in [3.05, 3.63) is 62.5 Å². The zero-order valence-electron chi connectivity index (χ0n) is 11.8. The molecule has 0 spiro atoms. The van der Waals surface area contributed by atoms with Crippen LogP contribution in [0.15, 0.2) is 41.0 Å². The van der Waals surface area contributed by atoms with Gasteiger partial charge < -0.3 is 0 Å². The molecule has 0 amide bonds. The molecule has 2 aromatic heterocycles. The van der Waals surface area contributed by atoms with Crippen molar-refractivity contribution >= 4 is 32.5 Å². The summed E-state index contributed by atoms with van der Waals surface area (Å²) in [5, 5.41) is 15.5. The number of alkyl halides is 3. The quantitative estimate of drug-likeness (QED) is 0.488. The van der Waals surface area contributed by atoms with Gasteiger partial charge in [-0.05, 0) is 34.1 Å². The molecule has 0 aliphatic carbocycles. The largest absolute Gasteiger partial charge is 0.433 e. The Kier molecular flexibility index (Phi) is 3.99. The number of nitro groups is 1. The third kappa shape index (κ3) is 2.96. The van der Waals surface area contributed by atoms with Gasteiger partial charge in [0.1, 0.15) is 15.7 Å². The lowest BCUT2D eigenvalue weighted by Gasteiger charge is -2.08. The molecule has 2 heterocycles. The molecule has 0 aliphatic heterocycles. The molecule has 0 aliphatic rings. The summed E-state index contributed by atoms with van der Waals surface area (Å²) in [4.78, 5) is 14.1. The van der Waals surface area contributed by atoms with Gasteiger partial charge in [-0.25, -0.2) is 4.98 Å². The van der Waals surface area contributed by atoms with E-state index < -0.39 is 16.8 Å². The molecule has 0 atom stereocenters. The van der Waals surface area contributed by atoms with Crippen LogP contribution < -0.4 is 0 Å². The maximum atomic E-state index is 12.7. The second-order valence-corrected chi connectivity index (χ2v) is 5.64. The Labute approximate surface area is 141 Å². The number of hydrogen-bond donors (Lipinski definition) is 0. The lowest BCUT2D eigenvalue weighted by Crippen LogP contribution is -2.11. The van der Waals surface area contributed by atoms with E-state index in [0.717, 1.165) is 6.07 Å². The van der Waals surface area contributed by atoms with Gasteiger partial charge >= 0.3 is 6.18 Å². The maximum Gasteiger partial charge on any atom is 0.433 e. The Hall–Kier alpha value is -2.49. The van der Waals surface area contributed by atoms with Crippen molar-refractivity contribution in [2.45, 2.75) is 12.7 Å². The first kappa shape index (κ1) is 16.4. The third-order valence-electron chi connectivity index (χ3n) is 3.32. The van der Waals surface area contributed by atoms with Crippen molar-refractivity contribution in [3.63, 3.8) is 0 Å². The van der Waals surface area contributed by atoms with E-state index in [1.807, 2.05) is 0 Å². The SMILES string of the molecule is O=[N+]([O-])c1cccc2c1c(Br)nn2Cc1cccc(C(F)(F)F)n1. The predicted molar refractivity (Wildman–Crippen MR) is 82.4 cm³/mol. The summed E-state index contributed by atoms with van der Waals surface area (Å²) in [5.41, 5.74) is -0.562. The van der Waals surface area contributed by atoms with Crippen molar-refractivity contribution < 1.29 is 18.1 Å². The van der Waals surface area contributed by atoms with Crippen LogP contribution in [-0.4, -0.2) is 19.7 Å². The molecule has 24 heavy (non-hydrogen) atoms. The number of nitrogens with zero attached hydrogens (tertiary/aromatic N) is 4. The second-order valence-electron chi connectivity index (χ2n) is 4.89. The zero-order chi connectivity index (χ0) is 17.5. The van der Waals surface area contributed by atoms with Gasteiger partial charge in [-0.15, -0.1) is 0 Å². The zero-order valence-corrected chi connectivity index (χ0v) is 13.4. The van der Waals surface area contributed by atoms with Crippen LogP contribution in [0.5, 0.6) is 0 Å². The molecule has 124 valence electrons. The molecule has 0 radical (unpaired) electrons. The second kappa shape index (κ2) is 5.86. The average molecular weight is 401 g/mol. The number of pyridine rings is 1. The van der Waals surface area contributed by atoms with Crippen molar-refractivity contribution in [3.8, 4) is 0 Å². The van der Waals surface area contributed by atoms with Crippen molar-refractivity contribution in [2.75, 3.05) is 0 Å². The highest BCUT2D eigenvalue weighted by Crippen LogP contribution is 2.32. The van der Waals surface area contributed by atoms with E-state index in [4.69, 9.17) is 0 Å². The van der Waals surface area contributed by atoms with E-state index >= 15 is 0 Å². The predicted octanol–water partition coefficient (Wildman–Crippen LogP) is 4.17. The number of non-ortho nitro benzene ring substituents is 1. The smallest absolute Gasteiger partial charge is 0.258 e. The molecular formula is C14H8BrF3N4O2. The van der Waals surface area contributed by atoms with Crippen molar-refractivity contribution in [1.82, 2.24) is 14.8 Å². The fourth-order valence-electron chi connectivity index (χ4n) is 2.32. The number of fused-ring (bicyclic) bond motifs is 1. The Bertz CT molecular complexity index is 939. The molecule has 0 saturated carbocycles. The molecule has 3 aromatic rings. The number of nitro benzene ring substituents is 1. The fourth-order valence-corrected chi connectivity index (χ4v) is 2.91. The first-order chi connectivity index (χ1) is 11.3. The molecule has 6 nitrogen and oxygen atoms in total. The number of rotatable bonds is 3. The van der Waals surface area contributed by atoms with E-state index in [1.54, 1.807) is 6.07 Å². The highest BCUT2D eigenvalue weighted by molar-refractivity contribution is 9.10. The molecule has 0 saturated heterocycles. The van der Waals surface area contributed by atoms with Crippen molar-refractivity contribution in [1.29, 1.82) is 0 Å². The lowest BCUT2D eigenvalue weighted by molar-refractivity contribution is -0.383. The van der Waals surface area contributed by atoms with Crippen LogP contribution in [0.4, 0.5) is 18.9 Å². The average Bonchev–Trinajstić information content (AvgIpc) is 2.83. The molecule has 1 aromatic carbocycles. The standard InChI is InChI=1S/C14H8BrF3N4O2/c15-13-12-9(4-2-5-10(12)22(23)24)21(20-13)7-8-3-1-6-11(19-8)14(16,17)18/h1-6H,7H2. The van der Waals surface area contributed by atoms with Gasteiger partial charge in [-0.1, -0.05) is 12.1 Å². The van der Waals surface area contributed by atoms with Crippen LogP contribution in [0.1, 0.15) is 11.4 Å². The van der Waals surface area contributed by atoms with E-state index in [2.05, 4.69) is 26.0 Å². The molecule has 0 N–H and O–H groups in total. The first-order valence-electron chi connectivity index (χ1n) is 6.60. The molecule has 10 heteroatoms. The third-order valence-corrected chi connectivity index (χ3v) is 3.87. The summed E-state index contributed by atoms with van der Waals surface area (Å²) in [6.07, 6.45) is -4.54. The Morgan fingerprint density at radius 2 is 1.92 bits per heavy atom. The van der Waals surface area contributed by atoms with E-state index in [9.17, 15) is 23.3 Å². The lowest BCUT2D eigenvalue weighted by atomic mass is 10.2. The normalized spacial score (nSPS) is 11.8. The van der Waals surface area contributed by atoms with Crippen LogP contribution in [0, 0.1) is 10.1 Å². The van der Waals surface area contributed by atoms with Gasteiger partial charge in [-0.2, -0.15) is 18.3 Å². The summed E-state index contributed by atoms with van der Waals surface area (Å²) in [7, 11) is 0. The van der Waals surface area contributed by atoms with Gasteiger partial charge in [0.05, 0.1) is 22.7 Å². The van der Waals surface area contributed by atoms with Crippen LogP contribution in [-0.2, 0) is 12.7 Å². The van der Waals surface area contributed by atoms with Crippen LogP contribution in [0.3, 0.4) is 0 Å². The summed E-state index contributed by atoms with van der Waals surface area (Å²) in [6, 6.07) is 8.01. The molecular weight excluding hydrogens is 393 g/mol. The van der Waals surface area contributed by atoms with E-state index in [1.165, 1.54) is 28.9 Å². The van der Waals surface area contributed by atoms with Gasteiger partial charge in [0, 0.05) is 6.07 Å². The minimum absolute atomic E-state index is 0.0484. The first-order valence-corrected chi connectivity index (χ1v) is 7.39. The summed E-state index contributed by atoms with van der Waals surface area (Å²) < 4.78 is 39.8. The summed E-state index contributed by atoms with van der Waals surface area (Å²) >= 11 is 3.16. The minimum atomic E-state index is -4.54. The number of hydrogen-bond acceptors (Lipinski definition) is 4. The maximum absolute atomic E-state index is 12.7. The topological polar surface area (TPSA) is 73.8 Å². The number of benzene rings is 1. The van der Waals surface area contributed by atoms with E-state index in [-0.39, 0.29) is 27.9 Å². The molecule has 0 bridgehead atoms. The Morgan fingerprint density at radius 1 is 1.21 bits per heavy atom. The summed E-state index contributed by atoms with van der Waals surface area (Å²) in [5.74, 6) is 0. The van der Waals surface area contributed by atoms with Gasteiger partial charge in [0.15, 0.2) is 0 Å². The minimum Gasteiger partial charge on any atom is -0.258 e. The molecule has 0 fully saturated rings. The number of aromatic nitrogens is 3. The highest BCUT2D eigenvalue weighted by Gasteiger charge is 2.32. The van der Waals surface area contributed by atoms with Gasteiger partial charge in [0.25, 0.3) is 5.69 Å². The molecule has 0 unspecified atom stereocenters. The fraction of sp³-hybridized carbons (Fsp3) is 0.143. The van der Waals surface area contributed by atoms with E-state index in [0.29, 0.717) is 5.52 Å². The van der Waals surface area contributed by atoms with Gasteiger partial charge in [-0.3, -0.25) is 14.8 Å². The Balaban J connectivity index is 2.06. The Morgan fingerprint density at radius 3 is 2.58 bits per heavy atom. The highest BCUT2D eigenvalue weighted by atomic mass is 79.9. The molecule has 3 rings (SSSR count). The summed E-state index contributed by atoms with van der Waals surface area (Å²) in [6.45, 7) is -0.0484. The van der Waals surface area contributed by atoms with Crippen LogP contribution in [0.25, 0.3) is 10.9 Å².